The van der Waals surface area contributed by atoms with Crippen LogP contribution in [0.4, 0.5) is 11.6 Å². The van der Waals surface area contributed by atoms with Crippen LogP contribution in [0, 0.1) is 12.8 Å². The molecule has 2 aromatic carbocycles. The van der Waals surface area contributed by atoms with Gasteiger partial charge in [0, 0.05) is 42.6 Å². The number of benzene rings is 2. The van der Waals surface area contributed by atoms with E-state index in [2.05, 4.69) is 51.4 Å². The second kappa shape index (κ2) is 14.3. The fourth-order valence-corrected chi connectivity index (χ4v) is 9.76. The number of ether oxygens (including phenoxy) is 1. The topological polar surface area (TPSA) is 110 Å². The summed E-state index contributed by atoms with van der Waals surface area (Å²) in [4.78, 5) is 28.9. The van der Waals surface area contributed by atoms with Gasteiger partial charge in [0.05, 0.1) is 10.1 Å². The molecule has 0 radical (unpaired) electrons. The molecule has 0 amide bonds. The summed E-state index contributed by atoms with van der Waals surface area (Å²) in [5, 5.41) is 3.66. The lowest BCUT2D eigenvalue weighted by molar-refractivity contribution is 0.0613. The third-order valence-corrected chi connectivity index (χ3v) is 13.4. The molecule has 7 rings (SSSR count). The maximum absolute atomic E-state index is 14.5. The molecular formula is C38H48N6O4S. The van der Waals surface area contributed by atoms with Gasteiger partial charge < -0.3 is 19.9 Å². The van der Waals surface area contributed by atoms with Gasteiger partial charge in [0.15, 0.2) is 9.84 Å². The first-order chi connectivity index (χ1) is 23.7. The smallest absolute Gasteiger partial charge is 0.260 e. The second-order valence-corrected chi connectivity index (χ2v) is 16.5. The van der Waals surface area contributed by atoms with Gasteiger partial charge in [-0.05, 0) is 139 Å². The van der Waals surface area contributed by atoms with Crippen LogP contribution in [0.1, 0.15) is 55.6 Å². The number of nitrogens with zero attached hydrogens (tertiary/aromatic N) is 5. The molecule has 11 heteroatoms. The van der Waals surface area contributed by atoms with Gasteiger partial charge in [-0.3, -0.25) is 9.36 Å². The minimum Gasteiger partial charge on any atom is -0.381 e. The van der Waals surface area contributed by atoms with Crippen molar-refractivity contribution in [3.63, 3.8) is 0 Å². The molecule has 1 N–H and O–H groups in total. The highest BCUT2D eigenvalue weighted by atomic mass is 32.2. The van der Waals surface area contributed by atoms with Gasteiger partial charge in [0.1, 0.15) is 5.65 Å². The summed E-state index contributed by atoms with van der Waals surface area (Å²) in [6.45, 7) is 7.41. The van der Waals surface area contributed by atoms with E-state index >= 15 is 0 Å². The maximum atomic E-state index is 14.5. The number of pyridine rings is 1. The Bertz CT molecular complexity index is 1960. The molecule has 260 valence electrons. The van der Waals surface area contributed by atoms with Crippen molar-refractivity contribution in [2.75, 3.05) is 58.8 Å². The van der Waals surface area contributed by atoms with Crippen LogP contribution in [0.3, 0.4) is 0 Å². The Balaban J connectivity index is 1.23. The van der Waals surface area contributed by atoms with E-state index in [1.54, 1.807) is 22.9 Å². The summed E-state index contributed by atoms with van der Waals surface area (Å²) >= 11 is 0. The quantitative estimate of drug-likeness (QED) is 0.253. The fourth-order valence-electron chi connectivity index (χ4n) is 7.77. The average Bonchev–Trinajstić information content (AvgIpc) is 3.11. The molecule has 49 heavy (non-hydrogen) atoms. The molecular weight excluding hydrogens is 637 g/mol. The third kappa shape index (κ3) is 7.17. The van der Waals surface area contributed by atoms with Crippen molar-refractivity contribution >= 4 is 32.5 Å². The molecule has 0 saturated carbocycles. The average molecular weight is 685 g/mol. The predicted octanol–water partition coefficient (Wildman–Crippen LogP) is 5.61. The Morgan fingerprint density at radius 3 is 2.24 bits per heavy atom. The highest BCUT2D eigenvalue weighted by molar-refractivity contribution is 7.92. The van der Waals surface area contributed by atoms with Gasteiger partial charge in [0.2, 0.25) is 5.95 Å². The number of fused-ring (bicyclic) bond motifs is 1. The van der Waals surface area contributed by atoms with Crippen molar-refractivity contribution in [1.29, 1.82) is 0 Å². The third-order valence-electron chi connectivity index (χ3n) is 11.0. The minimum absolute atomic E-state index is 0.178. The first-order valence-corrected chi connectivity index (χ1v) is 19.3. The maximum Gasteiger partial charge on any atom is 0.260 e. The number of sulfone groups is 1. The van der Waals surface area contributed by atoms with Crippen molar-refractivity contribution in [3.05, 3.63) is 76.2 Å². The summed E-state index contributed by atoms with van der Waals surface area (Å²) in [7, 11) is 0.639. The van der Waals surface area contributed by atoms with Gasteiger partial charge in [-0.2, -0.15) is 4.98 Å². The zero-order valence-corrected chi connectivity index (χ0v) is 29.7. The molecule has 0 bridgehead atoms. The predicted molar refractivity (Wildman–Crippen MR) is 194 cm³/mol. The molecule has 2 aromatic heterocycles. The number of anilines is 2. The van der Waals surface area contributed by atoms with Crippen LogP contribution in [0.25, 0.3) is 22.2 Å². The van der Waals surface area contributed by atoms with E-state index in [4.69, 9.17) is 9.72 Å². The van der Waals surface area contributed by atoms with E-state index in [0.29, 0.717) is 71.7 Å². The van der Waals surface area contributed by atoms with Gasteiger partial charge in [-0.1, -0.05) is 24.3 Å². The van der Waals surface area contributed by atoms with Crippen molar-refractivity contribution in [1.82, 2.24) is 24.3 Å². The van der Waals surface area contributed by atoms with Gasteiger partial charge in [-0.25, -0.2) is 13.4 Å². The van der Waals surface area contributed by atoms with E-state index in [0.717, 1.165) is 50.1 Å². The van der Waals surface area contributed by atoms with Crippen LogP contribution in [-0.4, -0.2) is 91.5 Å². The Morgan fingerprint density at radius 2 is 1.55 bits per heavy atom. The summed E-state index contributed by atoms with van der Waals surface area (Å²) < 4.78 is 35.2. The molecule has 3 aliphatic rings. The zero-order chi connectivity index (χ0) is 34.1. The highest BCUT2D eigenvalue weighted by Gasteiger charge is 2.32. The highest BCUT2D eigenvalue weighted by Crippen LogP contribution is 2.33. The first kappa shape index (κ1) is 33.8. The number of aromatic nitrogens is 3. The van der Waals surface area contributed by atoms with E-state index < -0.39 is 15.1 Å². The molecule has 5 heterocycles. The Morgan fingerprint density at radius 1 is 0.878 bits per heavy atom. The number of rotatable bonds is 8. The first-order valence-electron chi connectivity index (χ1n) is 17.7. The molecule has 10 nitrogen and oxygen atoms in total. The molecule has 4 aromatic rings. The molecule has 0 unspecified atom stereocenters. The largest absolute Gasteiger partial charge is 0.381 e. The summed E-state index contributed by atoms with van der Waals surface area (Å²) in [5.74, 6) is 1.27. The normalized spacial score (nSPS) is 19.4. The molecule has 3 fully saturated rings. The Kier molecular flexibility index (Phi) is 9.88. The van der Waals surface area contributed by atoms with Gasteiger partial charge >= 0.3 is 0 Å². The molecule has 3 saturated heterocycles. The Hall–Kier alpha value is -3.64. The number of hydrogen-bond donors (Lipinski definition) is 1. The number of hydrogen-bond acceptors (Lipinski definition) is 9. The van der Waals surface area contributed by atoms with Crippen molar-refractivity contribution < 1.29 is 13.2 Å². The molecule has 0 atom stereocenters. The van der Waals surface area contributed by atoms with Crippen molar-refractivity contribution in [3.8, 4) is 11.1 Å². The number of piperidine rings is 2. The summed E-state index contributed by atoms with van der Waals surface area (Å²) in [5.41, 5.74) is 4.34. The van der Waals surface area contributed by atoms with Crippen LogP contribution in [0.2, 0.25) is 0 Å². The van der Waals surface area contributed by atoms with Crippen molar-refractivity contribution in [2.45, 2.75) is 68.1 Å². The lowest BCUT2D eigenvalue weighted by atomic mass is 9.89. The van der Waals surface area contributed by atoms with Crippen LogP contribution < -0.4 is 10.9 Å². The van der Waals surface area contributed by atoms with Gasteiger partial charge in [-0.15, -0.1) is 0 Å². The van der Waals surface area contributed by atoms with Crippen molar-refractivity contribution in [2.24, 2.45) is 5.92 Å². The van der Waals surface area contributed by atoms with Crippen LogP contribution in [-0.2, 0) is 21.1 Å². The monoisotopic (exact) mass is 684 g/mol. The zero-order valence-electron chi connectivity index (χ0n) is 28.9. The second-order valence-electron chi connectivity index (χ2n) is 14.3. The van der Waals surface area contributed by atoms with Crippen LogP contribution >= 0.6 is 0 Å². The van der Waals surface area contributed by atoms with E-state index in [9.17, 15) is 13.2 Å². The minimum atomic E-state index is -3.57. The van der Waals surface area contributed by atoms with Crippen LogP contribution in [0.15, 0.2) is 64.4 Å². The number of likely N-dealkylation sites (tertiary alicyclic amines) is 2. The SMILES string of the molecule is Cc1c(-c2cc3cnc(Nc4ccc(C5CCN(C)CC5)cc4)nc3n(CC3CCOCC3)c2=O)cccc1S(=O)(=O)C1CCN(C)CC1. The molecule has 0 aliphatic carbocycles. The van der Waals surface area contributed by atoms with Crippen LogP contribution in [0.5, 0.6) is 0 Å². The van der Waals surface area contributed by atoms with E-state index in [1.807, 2.05) is 26.1 Å². The molecule has 0 spiro atoms. The Labute approximate surface area is 289 Å². The summed E-state index contributed by atoms with van der Waals surface area (Å²) in [6.07, 6.45) is 7.03. The summed E-state index contributed by atoms with van der Waals surface area (Å²) in [6, 6.07) is 15.7. The standard InChI is InChI=1S/C38H48N6O4S/c1-26-33(5-4-6-35(26)49(46,47)32-13-19-43(3)20-14-32)34-23-30-24-39-38(41-36(30)44(37(34)45)25-27-15-21-48-22-16-27)40-31-9-7-28(8-10-31)29-11-17-42(2)18-12-29/h4-10,23-24,27,29,32H,11-22,25H2,1-3H3,(H,39,40,41). The lowest BCUT2D eigenvalue weighted by Crippen LogP contribution is -2.37. The lowest BCUT2D eigenvalue weighted by Gasteiger charge is -2.29. The van der Waals surface area contributed by atoms with E-state index in [1.165, 1.54) is 18.4 Å². The van der Waals surface area contributed by atoms with E-state index in [-0.39, 0.29) is 11.5 Å². The number of nitrogens with one attached hydrogen (secondary N) is 1. The van der Waals surface area contributed by atoms with Gasteiger partial charge in [0.25, 0.3) is 5.56 Å². The fraction of sp³-hybridized carbons (Fsp3) is 0.500. The molecule has 3 aliphatic heterocycles.